The van der Waals surface area contributed by atoms with Gasteiger partial charge in [-0.2, -0.15) is 0 Å². The molecule has 1 fully saturated rings. The Hall–Kier alpha value is -1.91. The van der Waals surface area contributed by atoms with E-state index in [-0.39, 0.29) is 16.9 Å². The van der Waals surface area contributed by atoms with Crippen molar-refractivity contribution < 1.29 is 9.59 Å². The molecule has 2 amide bonds. The van der Waals surface area contributed by atoms with Crippen molar-refractivity contribution in [2.75, 3.05) is 6.54 Å². The lowest BCUT2D eigenvalue weighted by molar-refractivity contribution is -0.0884. The summed E-state index contributed by atoms with van der Waals surface area (Å²) in [6.45, 7) is 9.08. The summed E-state index contributed by atoms with van der Waals surface area (Å²) in [6, 6.07) is 3.07. The molecule has 102 valence electrons. The first-order valence-corrected chi connectivity index (χ1v) is 6.25. The van der Waals surface area contributed by atoms with Crippen LogP contribution in [0, 0.1) is 5.41 Å². The number of rotatable bonds is 2. The molecular formula is C14H19N3O2. The van der Waals surface area contributed by atoms with Gasteiger partial charge in [0.25, 0.3) is 5.91 Å². The third-order valence-electron chi connectivity index (χ3n) is 4.40. The van der Waals surface area contributed by atoms with Gasteiger partial charge in [-0.1, -0.05) is 13.8 Å². The molecule has 2 rings (SSSR count). The van der Waals surface area contributed by atoms with Crippen molar-refractivity contribution in [2.45, 2.75) is 33.2 Å². The van der Waals surface area contributed by atoms with Crippen LogP contribution in [0.5, 0.6) is 0 Å². The van der Waals surface area contributed by atoms with E-state index in [9.17, 15) is 9.59 Å². The Morgan fingerprint density at radius 2 is 1.89 bits per heavy atom. The molecule has 0 aromatic carbocycles. The monoisotopic (exact) mass is 261 g/mol. The zero-order valence-electron chi connectivity index (χ0n) is 11.7. The van der Waals surface area contributed by atoms with Gasteiger partial charge < -0.3 is 10.6 Å². The van der Waals surface area contributed by atoms with Crippen molar-refractivity contribution in [3.63, 3.8) is 0 Å². The van der Waals surface area contributed by atoms with E-state index in [1.54, 1.807) is 11.0 Å². The second kappa shape index (κ2) is 4.05. The van der Waals surface area contributed by atoms with E-state index in [0.717, 1.165) is 0 Å². The van der Waals surface area contributed by atoms with Gasteiger partial charge in [-0.25, -0.2) is 0 Å². The minimum absolute atomic E-state index is 0.0931. The van der Waals surface area contributed by atoms with Crippen molar-refractivity contribution >= 4 is 11.8 Å². The highest BCUT2D eigenvalue weighted by Gasteiger charge is 2.54. The minimum Gasteiger partial charge on any atom is -0.366 e. The highest BCUT2D eigenvalue weighted by molar-refractivity contribution is 5.96. The van der Waals surface area contributed by atoms with Crippen LogP contribution in [0.25, 0.3) is 0 Å². The van der Waals surface area contributed by atoms with Gasteiger partial charge in [0.05, 0.1) is 5.56 Å². The fourth-order valence-corrected chi connectivity index (χ4v) is 2.19. The molecule has 19 heavy (non-hydrogen) atoms. The number of amides is 2. The number of carbonyl (C=O) groups excluding carboxylic acids is 2. The van der Waals surface area contributed by atoms with Crippen LogP contribution in [0.4, 0.5) is 0 Å². The molecule has 0 spiro atoms. The second-order valence-electron chi connectivity index (χ2n) is 6.13. The fourth-order valence-electron chi connectivity index (χ4n) is 2.19. The van der Waals surface area contributed by atoms with E-state index in [0.29, 0.717) is 17.8 Å². The van der Waals surface area contributed by atoms with Crippen molar-refractivity contribution in [2.24, 2.45) is 11.1 Å². The van der Waals surface area contributed by atoms with Crippen LogP contribution in [0.2, 0.25) is 0 Å². The molecule has 0 saturated carbocycles. The molecule has 0 unspecified atom stereocenters. The van der Waals surface area contributed by atoms with Crippen LogP contribution in [0.3, 0.4) is 0 Å². The summed E-state index contributed by atoms with van der Waals surface area (Å²) >= 11 is 0. The summed E-state index contributed by atoms with van der Waals surface area (Å²) in [7, 11) is 0. The number of likely N-dealkylation sites (tertiary alicyclic amines) is 1. The van der Waals surface area contributed by atoms with Crippen molar-refractivity contribution in [3.8, 4) is 0 Å². The molecule has 5 heteroatoms. The maximum Gasteiger partial charge on any atom is 0.272 e. The lowest BCUT2D eigenvalue weighted by atomic mass is 9.65. The predicted octanol–water partition coefficient (Wildman–Crippen LogP) is 1.44. The first-order valence-electron chi connectivity index (χ1n) is 6.25. The summed E-state index contributed by atoms with van der Waals surface area (Å²) < 4.78 is 0. The van der Waals surface area contributed by atoms with Gasteiger partial charge in [0.1, 0.15) is 5.69 Å². The SMILES string of the molecule is CC1(C)CN(C(=O)c2ccc(C(N)=O)cn2)C1(C)C. The van der Waals surface area contributed by atoms with E-state index in [4.69, 9.17) is 5.73 Å². The fraction of sp³-hybridized carbons (Fsp3) is 0.500. The van der Waals surface area contributed by atoms with Crippen molar-refractivity contribution in [3.05, 3.63) is 29.6 Å². The summed E-state index contributed by atoms with van der Waals surface area (Å²) in [5.74, 6) is -0.655. The number of hydrogen-bond acceptors (Lipinski definition) is 3. The van der Waals surface area contributed by atoms with Gasteiger partial charge in [0.2, 0.25) is 5.91 Å². The Labute approximate surface area is 112 Å². The van der Waals surface area contributed by atoms with E-state index in [2.05, 4.69) is 18.8 Å². The first-order chi connectivity index (χ1) is 8.67. The maximum absolute atomic E-state index is 12.4. The molecular weight excluding hydrogens is 242 g/mol. The smallest absolute Gasteiger partial charge is 0.272 e. The first kappa shape index (κ1) is 13.5. The average Bonchev–Trinajstić information content (AvgIpc) is 2.35. The number of nitrogens with zero attached hydrogens (tertiary/aromatic N) is 2. The standard InChI is InChI=1S/C14H19N3O2/c1-13(2)8-17(14(13,3)4)12(19)10-6-5-9(7-16-10)11(15)18/h5-7H,8H2,1-4H3,(H2,15,18). The topological polar surface area (TPSA) is 76.3 Å². The average molecular weight is 261 g/mol. The Balaban J connectivity index is 2.20. The van der Waals surface area contributed by atoms with Gasteiger partial charge in [-0.05, 0) is 26.0 Å². The zero-order valence-corrected chi connectivity index (χ0v) is 11.7. The van der Waals surface area contributed by atoms with Crippen LogP contribution >= 0.6 is 0 Å². The molecule has 1 aliphatic heterocycles. The molecule has 1 saturated heterocycles. The molecule has 1 aliphatic rings. The van der Waals surface area contributed by atoms with Crippen molar-refractivity contribution in [1.29, 1.82) is 0 Å². The Morgan fingerprint density at radius 3 is 2.26 bits per heavy atom. The van der Waals surface area contributed by atoms with Gasteiger partial charge in [-0.3, -0.25) is 14.6 Å². The lowest BCUT2D eigenvalue weighted by Crippen LogP contribution is -2.70. The molecule has 0 radical (unpaired) electrons. The number of pyridine rings is 1. The van der Waals surface area contributed by atoms with Crippen LogP contribution < -0.4 is 5.73 Å². The lowest BCUT2D eigenvalue weighted by Gasteiger charge is -2.61. The quantitative estimate of drug-likeness (QED) is 0.875. The molecule has 1 aromatic heterocycles. The number of primary amides is 1. The number of hydrogen-bond donors (Lipinski definition) is 1. The Bertz CT molecular complexity index is 532. The van der Waals surface area contributed by atoms with Crippen molar-refractivity contribution in [1.82, 2.24) is 9.88 Å². The zero-order chi connectivity index (χ0) is 14.4. The number of aromatic nitrogens is 1. The van der Waals surface area contributed by atoms with Crippen LogP contribution in [0.1, 0.15) is 48.5 Å². The predicted molar refractivity (Wildman–Crippen MR) is 71.7 cm³/mol. The molecule has 1 aromatic rings. The van der Waals surface area contributed by atoms with Crippen LogP contribution in [-0.2, 0) is 0 Å². The van der Waals surface area contributed by atoms with Gasteiger partial charge in [-0.15, -0.1) is 0 Å². The van der Waals surface area contributed by atoms with Gasteiger partial charge in [0, 0.05) is 23.7 Å². The molecule has 5 nitrogen and oxygen atoms in total. The van der Waals surface area contributed by atoms with Crippen LogP contribution in [-0.4, -0.2) is 33.8 Å². The summed E-state index contributed by atoms with van der Waals surface area (Å²) in [6.07, 6.45) is 1.34. The summed E-state index contributed by atoms with van der Waals surface area (Å²) in [4.78, 5) is 29.1. The third kappa shape index (κ3) is 1.99. The Kier molecular flexibility index (Phi) is 2.88. The molecule has 2 N–H and O–H groups in total. The summed E-state index contributed by atoms with van der Waals surface area (Å²) in [5, 5.41) is 0. The van der Waals surface area contributed by atoms with E-state index >= 15 is 0 Å². The highest BCUT2D eigenvalue weighted by atomic mass is 16.2. The molecule has 2 heterocycles. The number of carbonyl (C=O) groups is 2. The van der Waals surface area contributed by atoms with Gasteiger partial charge in [0.15, 0.2) is 0 Å². The second-order valence-corrected chi connectivity index (χ2v) is 6.13. The molecule has 0 bridgehead atoms. The maximum atomic E-state index is 12.4. The third-order valence-corrected chi connectivity index (χ3v) is 4.40. The largest absolute Gasteiger partial charge is 0.366 e. The number of nitrogens with two attached hydrogens (primary N) is 1. The normalized spacial score (nSPS) is 19.7. The molecule has 0 atom stereocenters. The summed E-state index contributed by atoms with van der Waals surface area (Å²) in [5.41, 5.74) is 5.68. The van der Waals surface area contributed by atoms with Crippen LogP contribution in [0.15, 0.2) is 18.3 Å². The van der Waals surface area contributed by atoms with E-state index in [1.807, 2.05) is 13.8 Å². The Morgan fingerprint density at radius 1 is 1.26 bits per heavy atom. The highest BCUT2D eigenvalue weighted by Crippen LogP contribution is 2.46. The minimum atomic E-state index is -0.545. The van der Waals surface area contributed by atoms with Gasteiger partial charge >= 0.3 is 0 Å². The van der Waals surface area contributed by atoms with E-state index < -0.39 is 5.91 Å². The van der Waals surface area contributed by atoms with E-state index in [1.165, 1.54) is 12.3 Å². The molecule has 0 aliphatic carbocycles.